The van der Waals surface area contributed by atoms with Crippen LogP contribution in [0.25, 0.3) is 34.1 Å². The normalized spacial score (nSPS) is 16.1. The number of benzene rings is 2. The Bertz CT molecular complexity index is 3320. The number of aryl methyl sites for hydroxylation is 2. The molecule has 2 atom stereocenters. The summed E-state index contributed by atoms with van der Waals surface area (Å²) in [6.07, 6.45) is 9.07. The Morgan fingerprint density at radius 2 is 1.22 bits per heavy atom. The monoisotopic (exact) mass is 1010 g/mol. The van der Waals surface area contributed by atoms with Gasteiger partial charge in [-0.25, -0.2) is 38.7 Å². The van der Waals surface area contributed by atoms with Gasteiger partial charge in [0.2, 0.25) is 11.9 Å². The van der Waals surface area contributed by atoms with Crippen LogP contribution in [0.5, 0.6) is 11.5 Å². The van der Waals surface area contributed by atoms with Gasteiger partial charge in [-0.05, 0) is 101 Å². The van der Waals surface area contributed by atoms with Gasteiger partial charge in [0, 0.05) is 106 Å². The zero-order chi connectivity index (χ0) is 51.9. The fraction of sp³-hybridized carbons (Fsp3) is 0.370. The van der Waals surface area contributed by atoms with E-state index in [1.54, 1.807) is 14.2 Å². The van der Waals surface area contributed by atoms with Crippen molar-refractivity contribution in [2.45, 2.75) is 58.2 Å². The number of rotatable bonds is 16. The number of anilines is 6. The van der Waals surface area contributed by atoms with Crippen molar-refractivity contribution in [1.82, 2.24) is 48.5 Å². The van der Waals surface area contributed by atoms with E-state index >= 15 is 4.39 Å². The second-order valence-electron chi connectivity index (χ2n) is 19.9. The maximum atomic E-state index is 15.1. The average Bonchev–Trinajstić information content (AvgIpc) is 4.03. The number of ether oxygens (including phenoxy) is 2. The Labute approximate surface area is 428 Å². The van der Waals surface area contributed by atoms with E-state index in [4.69, 9.17) is 14.5 Å². The zero-order valence-electron chi connectivity index (χ0n) is 42.7. The molecule has 0 spiro atoms. The molecule has 74 heavy (non-hydrogen) atoms. The summed E-state index contributed by atoms with van der Waals surface area (Å²) in [5, 5.41) is 29.5. The number of nitrogens with one attached hydrogen (secondary N) is 2. The van der Waals surface area contributed by atoms with Crippen molar-refractivity contribution in [2.75, 3.05) is 93.6 Å². The third-order valence-electron chi connectivity index (χ3n) is 14.9. The van der Waals surface area contributed by atoms with E-state index in [1.165, 1.54) is 28.9 Å². The number of aliphatic hydroxyl groups excluding tert-OH is 2. The van der Waals surface area contributed by atoms with Gasteiger partial charge in [0.1, 0.15) is 34.3 Å². The highest BCUT2D eigenvalue weighted by molar-refractivity contribution is 5.72. The van der Waals surface area contributed by atoms with E-state index in [-0.39, 0.29) is 23.9 Å². The predicted octanol–water partition coefficient (Wildman–Crippen LogP) is 7.52. The highest BCUT2D eigenvalue weighted by Gasteiger charge is 2.43. The summed E-state index contributed by atoms with van der Waals surface area (Å²) in [7, 11) is 3.23. The lowest BCUT2D eigenvalue weighted by atomic mass is 9.83. The number of piperazine rings is 2. The second kappa shape index (κ2) is 20.4. The molecule has 2 aliphatic rings. The minimum atomic E-state index is -0.723. The van der Waals surface area contributed by atoms with Crippen molar-refractivity contribution < 1.29 is 28.5 Å². The first-order valence-corrected chi connectivity index (χ1v) is 24.8. The Hall–Kier alpha value is -7.52. The smallest absolute Gasteiger partial charge is 0.228 e. The Balaban J connectivity index is 0.736. The molecule has 4 N–H and O–H groups in total. The van der Waals surface area contributed by atoms with Crippen LogP contribution in [-0.2, 0) is 0 Å². The molecule has 2 aliphatic heterocycles. The highest BCUT2D eigenvalue weighted by Crippen LogP contribution is 2.37. The molecule has 2 unspecified atom stereocenters. The van der Waals surface area contributed by atoms with E-state index < -0.39 is 28.8 Å². The first-order valence-electron chi connectivity index (χ1n) is 24.8. The SMILES string of the molecule is COc1cc(N2CCN(C(C)(CO)CC(O)C(C)(C)N3CCN(c4ccc(Nc5ncc(F)c(-c6cnc7ccc(F)cn67)n5)c(OC)c4)CC3)CC2)ccc1Nc1ncc(C)c(-c2cnc3cc(C)ccn23)n1. The third-order valence-corrected chi connectivity index (χ3v) is 14.9. The van der Waals surface area contributed by atoms with Crippen LogP contribution >= 0.6 is 0 Å². The summed E-state index contributed by atoms with van der Waals surface area (Å²) in [6, 6.07) is 18.8. The predicted molar refractivity (Wildman–Crippen MR) is 282 cm³/mol. The quantitative estimate of drug-likeness (QED) is 0.0745. The van der Waals surface area contributed by atoms with E-state index in [0.29, 0.717) is 74.5 Å². The fourth-order valence-electron chi connectivity index (χ4n) is 10.2. The van der Waals surface area contributed by atoms with E-state index in [1.807, 2.05) is 73.2 Å². The second-order valence-corrected chi connectivity index (χ2v) is 19.9. The fourth-order valence-corrected chi connectivity index (χ4v) is 10.2. The molecular weight excluding hydrogens is 947 g/mol. The molecule has 10 rings (SSSR count). The first kappa shape index (κ1) is 50.0. The molecule has 20 heteroatoms. The lowest BCUT2D eigenvalue weighted by Gasteiger charge is -2.51. The molecule has 8 aromatic rings. The van der Waals surface area contributed by atoms with Crippen LogP contribution in [0.2, 0.25) is 0 Å². The van der Waals surface area contributed by atoms with Crippen molar-refractivity contribution in [3.8, 4) is 34.3 Å². The lowest BCUT2D eigenvalue weighted by molar-refractivity contribution is -0.0615. The van der Waals surface area contributed by atoms with Crippen molar-refractivity contribution in [3.05, 3.63) is 121 Å². The maximum Gasteiger partial charge on any atom is 0.228 e. The number of hydrogen-bond acceptors (Lipinski definition) is 16. The topological polar surface area (TPSA) is 182 Å². The van der Waals surface area contributed by atoms with Crippen LogP contribution in [0.15, 0.2) is 97.8 Å². The summed E-state index contributed by atoms with van der Waals surface area (Å²) in [5.74, 6) is 0.616. The van der Waals surface area contributed by atoms with Gasteiger partial charge in [-0.3, -0.25) is 18.6 Å². The molecular formula is C54H62F2N14O4. The van der Waals surface area contributed by atoms with Crippen LogP contribution in [0.4, 0.5) is 43.4 Å². The number of imidazole rings is 2. The summed E-state index contributed by atoms with van der Waals surface area (Å²) in [6.45, 7) is 15.9. The largest absolute Gasteiger partial charge is 0.494 e. The molecule has 0 amide bonds. The van der Waals surface area contributed by atoms with Gasteiger partial charge in [0.25, 0.3) is 0 Å². The van der Waals surface area contributed by atoms with Crippen molar-refractivity contribution >= 4 is 45.9 Å². The molecule has 0 aliphatic carbocycles. The molecule has 2 saturated heterocycles. The number of halogens is 2. The van der Waals surface area contributed by atoms with E-state index in [9.17, 15) is 14.6 Å². The van der Waals surface area contributed by atoms with Crippen LogP contribution < -0.4 is 29.9 Å². The number of pyridine rings is 2. The third kappa shape index (κ3) is 9.84. The minimum Gasteiger partial charge on any atom is -0.494 e. The molecule has 6 aromatic heterocycles. The average molecular weight is 1010 g/mol. The van der Waals surface area contributed by atoms with E-state index in [0.717, 1.165) is 64.5 Å². The van der Waals surface area contributed by atoms with Gasteiger partial charge in [-0.15, -0.1) is 0 Å². The summed E-state index contributed by atoms with van der Waals surface area (Å²) in [5.41, 5.74) is 7.38. The van der Waals surface area contributed by atoms with Gasteiger partial charge >= 0.3 is 0 Å². The Morgan fingerprint density at radius 1 is 0.649 bits per heavy atom. The summed E-state index contributed by atoms with van der Waals surface area (Å²) in [4.78, 5) is 36.1. The number of nitrogens with zero attached hydrogens (tertiary/aromatic N) is 12. The van der Waals surface area contributed by atoms with Gasteiger partial charge in [-0.1, -0.05) is 0 Å². The number of methoxy groups -OCH3 is 2. The molecule has 2 fully saturated rings. The number of aromatic nitrogens is 8. The summed E-state index contributed by atoms with van der Waals surface area (Å²) < 4.78 is 44.3. The molecule has 386 valence electrons. The minimum absolute atomic E-state index is 0.0305. The molecule has 0 saturated carbocycles. The highest BCUT2D eigenvalue weighted by atomic mass is 19.1. The van der Waals surface area contributed by atoms with E-state index in [2.05, 4.69) is 88.1 Å². The van der Waals surface area contributed by atoms with Crippen LogP contribution in [0, 0.1) is 25.5 Å². The molecule has 8 heterocycles. The maximum absolute atomic E-state index is 15.1. The van der Waals surface area contributed by atoms with Gasteiger partial charge in [-0.2, -0.15) is 0 Å². The molecule has 0 bridgehead atoms. The van der Waals surface area contributed by atoms with Crippen LogP contribution in [-0.4, -0.2) is 149 Å². The van der Waals surface area contributed by atoms with Crippen molar-refractivity contribution in [2.24, 2.45) is 0 Å². The molecule has 0 radical (unpaired) electrons. The molecule has 2 aromatic carbocycles. The standard InChI is InChI=1S/C54H62F2N14O4/c1-34-14-15-69-42(30-58-48(69)24-34)49-35(2)28-59-51(63-49)61-40-11-10-38(26-44(40)73-6)66-18-22-68(23-19-66)54(5,33-71)27-46(72)53(3,4)67-20-16-65(17-21-67)37-9-12-41(45(25-37)74-7)62-52-60-29-39(56)50(64-52)43-31-57-47-13-8-36(55)32-70(43)47/h8-15,24-26,28-32,46,71-72H,16-23,27,33H2,1-7H3,(H,59,61,63)(H,60,62,64). The number of fused-ring (bicyclic) bond motifs is 2. The van der Waals surface area contributed by atoms with Gasteiger partial charge < -0.3 is 40.1 Å². The summed E-state index contributed by atoms with van der Waals surface area (Å²) >= 11 is 0. The molecule has 18 nitrogen and oxygen atoms in total. The van der Waals surface area contributed by atoms with Crippen molar-refractivity contribution in [1.29, 1.82) is 0 Å². The van der Waals surface area contributed by atoms with Crippen LogP contribution in [0.3, 0.4) is 0 Å². The van der Waals surface area contributed by atoms with Gasteiger partial charge in [0.15, 0.2) is 5.82 Å². The van der Waals surface area contributed by atoms with Crippen molar-refractivity contribution in [3.63, 3.8) is 0 Å². The van der Waals surface area contributed by atoms with Gasteiger partial charge in [0.05, 0.1) is 74.0 Å². The zero-order valence-corrected chi connectivity index (χ0v) is 42.7. The Morgan fingerprint density at radius 3 is 1.82 bits per heavy atom. The Kier molecular flexibility index (Phi) is 13.8. The first-order chi connectivity index (χ1) is 35.6. The lowest BCUT2D eigenvalue weighted by Crippen LogP contribution is -2.63. The number of aliphatic hydroxyl groups is 2. The van der Waals surface area contributed by atoms with Crippen LogP contribution in [0.1, 0.15) is 38.3 Å². The number of hydrogen-bond donors (Lipinski definition) is 4.